The van der Waals surface area contributed by atoms with Crippen LogP contribution in [0.3, 0.4) is 0 Å². The van der Waals surface area contributed by atoms with Gasteiger partial charge in [0.15, 0.2) is 0 Å². The smallest absolute Gasteiger partial charge is 0.296 e. The van der Waals surface area contributed by atoms with Crippen LogP contribution >= 0.6 is 0 Å². The first-order valence-corrected chi connectivity index (χ1v) is 7.95. The van der Waals surface area contributed by atoms with Crippen LogP contribution in [0, 0.1) is 11.6 Å². The van der Waals surface area contributed by atoms with Crippen LogP contribution in [0.4, 0.5) is 14.5 Å². The third-order valence-corrected chi connectivity index (χ3v) is 4.92. The number of carbonyl (C=O) groups is 1. The Balaban J connectivity index is 1.83. The van der Waals surface area contributed by atoms with Crippen molar-refractivity contribution in [3.05, 3.63) is 77.5 Å². The lowest BCUT2D eigenvalue weighted by Crippen LogP contribution is -2.61. The van der Waals surface area contributed by atoms with Gasteiger partial charge in [0.2, 0.25) is 0 Å². The molecular formula is C19H17F2N2O+. The Morgan fingerprint density at radius 1 is 1.04 bits per heavy atom. The van der Waals surface area contributed by atoms with Gasteiger partial charge in [-0.2, -0.15) is 4.48 Å². The van der Waals surface area contributed by atoms with Gasteiger partial charge in [-0.15, -0.1) is 0 Å². The highest BCUT2D eigenvalue weighted by Gasteiger charge is 2.51. The molecule has 24 heavy (non-hydrogen) atoms. The van der Waals surface area contributed by atoms with Crippen molar-refractivity contribution in [1.82, 2.24) is 9.80 Å². The minimum atomic E-state index is -0.467. The fourth-order valence-electron chi connectivity index (χ4n) is 3.80. The van der Waals surface area contributed by atoms with Crippen molar-refractivity contribution < 1.29 is 13.6 Å². The molecule has 1 unspecified atom stereocenters. The van der Waals surface area contributed by atoms with Gasteiger partial charge in [0.25, 0.3) is 0 Å². The maximum Gasteiger partial charge on any atom is 0.337 e. The second kappa shape index (κ2) is 5.61. The number of rotatable bonds is 2. The zero-order chi connectivity index (χ0) is 16.7. The van der Waals surface area contributed by atoms with E-state index in [1.54, 1.807) is 0 Å². The molecule has 2 heterocycles. The van der Waals surface area contributed by atoms with E-state index in [1.165, 1.54) is 6.07 Å². The molecule has 1 N–H and O–H groups in total. The highest BCUT2D eigenvalue weighted by atomic mass is 19.1. The first-order chi connectivity index (χ1) is 11.6. The Morgan fingerprint density at radius 3 is 2.62 bits per heavy atom. The first kappa shape index (κ1) is 15.2. The monoisotopic (exact) mass is 327 g/mol. The molecule has 0 saturated carbocycles. The predicted molar refractivity (Wildman–Crippen MR) is 88.2 cm³/mol. The molecule has 1 amide bonds. The number of halogens is 2. The molecule has 0 bridgehead atoms. The molecule has 2 aliphatic rings. The van der Waals surface area contributed by atoms with Gasteiger partial charge in [-0.05, 0) is 24.3 Å². The van der Waals surface area contributed by atoms with Gasteiger partial charge in [-0.3, -0.25) is 5.32 Å². The number of piperazine rings is 1. The Labute approximate surface area is 138 Å². The lowest BCUT2D eigenvalue weighted by atomic mass is 9.99. The quantitative estimate of drug-likeness (QED) is 0.859. The van der Waals surface area contributed by atoms with Gasteiger partial charge in [0, 0.05) is 17.7 Å². The summed E-state index contributed by atoms with van der Waals surface area (Å²) < 4.78 is 27.9. The molecule has 0 aromatic heterocycles. The second-order valence-corrected chi connectivity index (χ2v) is 6.26. The number of carbonyl (C=O) groups excluding carboxylic acids is 1. The van der Waals surface area contributed by atoms with Crippen molar-refractivity contribution in [3.63, 3.8) is 0 Å². The van der Waals surface area contributed by atoms with Gasteiger partial charge in [0.05, 0.1) is 12.5 Å². The molecule has 2 aliphatic heterocycles. The lowest BCUT2D eigenvalue weighted by molar-refractivity contribution is -0.128. The maximum absolute atomic E-state index is 14.2. The number of fused-ring (bicyclic) bond motifs is 1. The highest BCUT2D eigenvalue weighted by molar-refractivity contribution is 5.94. The van der Waals surface area contributed by atoms with Crippen LogP contribution in [0.2, 0.25) is 0 Å². The van der Waals surface area contributed by atoms with Crippen LogP contribution in [-0.4, -0.2) is 25.5 Å². The third kappa shape index (κ3) is 2.20. The van der Waals surface area contributed by atoms with Crippen LogP contribution in [-0.2, 0) is 4.79 Å². The van der Waals surface area contributed by atoms with Gasteiger partial charge in [-0.1, -0.05) is 18.2 Å². The minimum Gasteiger partial charge on any atom is -0.296 e. The van der Waals surface area contributed by atoms with Gasteiger partial charge in [0.1, 0.15) is 36.1 Å². The normalized spacial score (nSPS) is 26.2. The maximum atomic E-state index is 14.2. The summed E-state index contributed by atoms with van der Waals surface area (Å²) >= 11 is 0. The summed E-state index contributed by atoms with van der Waals surface area (Å²) in [5.41, 5.74) is 2.07. The third-order valence-electron chi connectivity index (χ3n) is 4.92. The number of hydrogen-bond donors (Lipinski definition) is 1. The van der Waals surface area contributed by atoms with E-state index in [0.717, 1.165) is 23.5 Å². The molecule has 0 spiro atoms. The number of benzene rings is 2. The molecule has 0 radical (unpaired) electrons. The van der Waals surface area contributed by atoms with Gasteiger partial charge >= 0.3 is 5.91 Å². The number of quaternary nitrogens is 1. The van der Waals surface area contributed by atoms with Crippen molar-refractivity contribution in [2.45, 2.75) is 5.92 Å². The Hall–Kier alpha value is -2.37. The molecule has 122 valence electrons. The van der Waals surface area contributed by atoms with E-state index in [9.17, 15) is 13.6 Å². The number of hydrogen-bond acceptors (Lipinski definition) is 2. The summed E-state index contributed by atoms with van der Waals surface area (Å²) in [7, 11) is 0. The zero-order valence-corrected chi connectivity index (χ0v) is 13.0. The lowest BCUT2D eigenvalue weighted by Gasteiger charge is -2.37. The molecule has 1 fully saturated rings. The molecule has 2 aromatic carbocycles. The van der Waals surface area contributed by atoms with E-state index >= 15 is 0 Å². The Morgan fingerprint density at radius 2 is 1.83 bits per heavy atom. The first-order valence-electron chi connectivity index (χ1n) is 7.95. The molecule has 0 aliphatic carbocycles. The van der Waals surface area contributed by atoms with E-state index in [1.807, 2.05) is 36.4 Å². The van der Waals surface area contributed by atoms with E-state index < -0.39 is 11.6 Å². The largest absolute Gasteiger partial charge is 0.337 e. The highest BCUT2D eigenvalue weighted by Crippen LogP contribution is 2.41. The van der Waals surface area contributed by atoms with Crippen LogP contribution in [0.25, 0.3) is 0 Å². The SMILES string of the molecule is O=C1CNCC2=CC(c3cc(F)ccc3F)C[N@+]12c1ccccc1. The van der Waals surface area contributed by atoms with E-state index in [-0.39, 0.29) is 22.9 Å². The molecular weight excluding hydrogens is 310 g/mol. The Kier molecular flexibility index (Phi) is 3.55. The Bertz CT molecular complexity index is 835. The van der Waals surface area contributed by atoms with Crippen molar-refractivity contribution in [1.29, 1.82) is 0 Å². The summed E-state index contributed by atoms with van der Waals surface area (Å²) in [6, 6.07) is 13.0. The number of nitrogens with one attached hydrogen (secondary N) is 1. The fraction of sp³-hybridized carbons (Fsp3) is 0.211. The molecule has 3 nitrogen and oxygen atoms in total. The number of nitrogens with zero attached hydrogens (tertiary/aromatic N) is 1. The summed E-state index contributed by atoms with van der Waals surface area (Å²) in [6.45, 7) is 1.22. The second-order valence-electron chi connectivity index (χ2n) is 6.26. The average Bonchev–Trinajstić information content (AvgIpc) is 3.00. The molecule has 2 aromatic rings. The number of amides is 1. The summed E-state index contributed by atoms with van der Waals surface area (Å²) in [5.74, 6) is -1.21. The van der Waals surface area contributed by atoms with Gasteiger partial charge < -0.3 is 0 Å². The fourth-order valence-corrected chi connectivity index (χ4v) is 3.80. The van der Waals surface area contributed by atoms with E-state index in [2.05, 4.69) is 5.32 Å². The van der Waals surface area contributed by atoms with Crippen molar-refractivity contribution in [2.24, 2.45) is 0 Å². The van der Waals surface area contributed by atoms with Crippen LogP contribution in [0.15, 0.2) is 60.3 Å². The van der Waals surface area contributed by atoms with Gasteiger partial charge in [-0.25, -0.2) is 13.6 Å². The summed E-state index contributed by atoms with van der Waals surface area (Å²) in [5, 5.41) is 3.10. The summed E-state index contributed by atoms with van der Waals surface area (Å²) in [4.78, 5) is 12.8. The number of para-hydroxylation sites is 1. The topological polar surface area (TPSA) is 29.1 Å². The summed E-state index contributed by atoms with van der Waals surface area (Å²) in [6.07, 6.45) is 1.91. The minimum absolute atomic E-state index is 0.0259. The zero-order valence-electron chi connectivity index (χ0n) is 13.0. The molecule has 4 rings (SSSR count). The molecule has 2 atom stereocenters. The average molecular weight is 327 g/mol. The van der Waals surface area contributed by atoms with Crippen molar-refractivity contribution in [3.8, 4) is 0 Å². The van der Waals surface area contributed by atoms with E-state index in [0.29, 0.717) is 18.7 Å². The van der Waals surface area contributed by atoms with Crippen molar-refractivity contribution >= 4 is 11.6 Å². The molecule has 5 heteroatoms. The van der Waals surface area contributed by atoms with Crippen LogP contribution in [0.5, 0.6) is 0 Å². The van der Waals surface area contributed by atoms with E-state index in [4.69, 9.17) is 0 Å². The molecule has 1 saturated heterocycles. The predicted octanol–water partition coefficient (Wildman–Crippen LogP) is 3.08. The van der Waals surface area contributed by atoms with Crippen molar-refractivity contribution in [2.75, 3.05) is 19.6 Å². The standard InChI is InChI=1S/C19H17F2N2O/c20-14-6-7-18(21)17(9-14)13-8-16-10-22-11-19(24)23(16,12-13)15-4-2-1-3-5-15/h1-9,13,22H,10-12H2/q+1/t13?,23-/m1/s1. The van der Waals surface area contributed by atoms with Crippen LogP contribution in [0.1, 0.15) is 11.5 Å². The van der Waals surface area contributed by atoms with Crippen LogP contribution < -0.4 is 9.80 Å².